The van der Waals surface area contributed by atoms with E-state index in [0.29, 0.717) is 26.2 Å². The number of alkyl halides is 6. The van der Waals surface area contributed by atoms with Crippen LogP contribution in [-0.4, -0.2) is 73.9 Å². The Labute approximate surface area is 129 Å². The van der Waals surface area contributed by atoms with E-state index in [0.717, 1.165) is 4.90 Å². The van der Waals surface area contributed by atoms with Crippen LogP contribution >= 0.6 is 0 Å². The molecule has 0 aromatic carbocycles. The molecular weight excluding hydrogens is 328 g/mol. The van der Waals surface area contributed by atoms with E-state index in [2.05, 4.69) is 5.32 Å². The van der Waals surface area contributed by atoms with E-state index < -0.39 is 30.7 Å². The highest BCUT2D eigenvalue weighted by atomic mass is 19.4. The second-order valence-electron chi connectivity index (χ2n) is 5.98. The summed E-state index contributed by atoms with van der Waals surface area (Å²) in [5, 5.41) is 3.06. The predicted octanol–water partition coefficient (Wildman–Crippen LogP) is 1.63. The first-order chi connectivity index (χ1) is 10.6. The molecule has 0 unspecified atom stereocenters. The summed E-state index contributed by atoms with van der Waals surface area (Å²) in [6.07, 6.45) is -11.8. The normalized spacial score (nSPS) is 23.3. The minimum atomic E-state index is -5.34. The van der Waals surface area contributed by atoms with E-state index in [-0.39, 0.29) is 25.4 Å². The third-order valence-corrected chi connectivity index (χ3v) is 4.55. The average molecular weight is 347 g/mol. The number of piperazine rings is 1. The van der Waals surface area contributed by atoms with E-state index in [1.165, 1.54) is 0 Å². The molecule has 10 heteroatoms. The van der Waals surface area contributed by atoms with Crippen LogP contribution in [0.4, 0.5) is 26.3 Å². The molecule has 2 rings (SSSR count). The predicted molar refractivity (Wildman–Crippen MR) is 69.7 cm³/mol. The SMILES string of the molecule is O=C(CCN1CCC(C(F)(F)F)(C(F)(F)F)C1)N1CCNCC1. The summed E-state index contributed by atoms with van der Waals surface area (Å²) in [6.45, 7) is 0.766. The average Bonchev–Trinajstić information content (AvgIpc) is 2.91. The van der Waals surface area contributed by atoms with Crippen molar-refractivity contribution in [3.63, 3.8) is 0 Å². The third kappa shape index (κ3) is 3.73. The third-order valence-electron chi connectivity index (χ3n) is 4.55. The molecule has 2 aliphatic rings. The van der Waals surface area contributed by atoms with E-state index >= 15 is 0 Å². The number of halogens is 6. The fourth-order valence-corrected chi connectivity index (χ4v) is 3.03. The van der Waals surface area contributed by atoms with Gasteiger partial charge in [0, 0.05) is 45.7 Å². The molecule has 1 amide bonds. The van der Waals surface area contributed by atoms with Crippen molar-refractivity contribution in [2.45, 2.75) is 25.2 Å². The van der Waals surface area contributed by atoms with Crippen LogP contribution in [0, 0.1) is 5.41 Å². The van der Waals surface area contributed by atoms with Gasteiger partial charge in [-0.3, -0.25) is 4.79 Å². The molecule has 0 saturated carbocycles. The molecule has 0 aromatic heterocycles. The first kappa shape index (κ1) is 18.3. The molecule has 0 spiro atoms. The fourth-order valence-electron chi connectivity index (χ4n) is 3.03. The summed E-state index contributed by atoms with van der Waals surface area (Å²) in [7, 11) is 0. The molecule has 2 heterocycles. The van der Waals surface area contributed by atoms with Crippen molar-refractivity contribution in [3.8, 4) is 0 Å². The van der Waals surface area contributed by atoms with Crippen LogP contribution in [0.1, 0.15) is 12.8 Å². The first-order valence-electron chi connectivity index (χ1n) is 7.41. The van der Waals surface area contributed by atoms with E-state index in [1.54, 1.807) is 4.90 Å². The topological polar surface area (TPSA) is 35.6 Å². The highest BCUT2D eigenvalue weighted by molar-refractivity contribution is 5.76. The number of nitrogens with zero attached hydrogens (tertiary/aromatic N) is 2. The van der Waals surface area contributed by atoms with Crippen LogP contribution in [0.3, 0.4) is 0 Å². The Hall–Kier alpha value is -1.03. The van der Waals surface area contributed by atoms with Gasteiger partial charge in [0.1, 0.15) is 0 Å². The second kappa shape index (κ2) is 6.46. The number of hydrogen-bond donors (Lipinski definition) is 1. The molecule has 2 aliphatic heterocycles. The Kier molecular flexibility index (Phi) is 5.15. The zero-order chi connectivity index (χ0) is 17.3. The summed E-state index contributed by atoms with van der Waals surface area (Å²) in [6, 6.07) is 0. The minimum absolute atomic E-state index is 0.0637. The van der Waals surface area contributed by atoms with Gasteiger partial charge in [-0.15, -0.1) is 0 Å². The van der Waals surface area contributed by atoms with Crippen LogP contribution in [0.15, 0.2) is 0 Å². The molecule has 4 nitrogen and oxygen atoms in total. The lowest BCUT2D eigenvalue weighted by Gasteiger charge is -2.33. The van der Waals surface area contributed by atoms with Gasteiger partial charge in [0.2, 0.25) is 5.91 Å². The Bertz CT molecular complexity index is 416. The zero-order valence-corrected chi connectivity index (χ0v) is 12.4. The quantitative estimate of drug-likeness (QED) is 0.789. The number of hydrogen-bond acceptors (Lipinski definition) is 3. The lowest BCUT2D eigenvalue weighted by atomic mass is 9.85. The molecule has 0 aromatic rings. The Balaban J connectivity index is 1.92. The van der Waals surface area contributed by atoms with Gasteiger partial charge in [-0.1, -0.05) is 0 Å². The summed E-state index contributed by atoms with van der Waals surface area (Å²) in [5.74, 6) is -0.233. The molecule has 134 valence electrons. The van der Waals surface area contributed by atoms with Crippen molar-refractivity contribution >= 4 is 5.91 Å². The number of carbonyl (C=O) groups excluding carboxylic acids is 1. The standard InChI is InChI=1S/C13H19F6N3O/c14-12(15,16)11(13(17,18)19)2-6-21(9-11)5-1-10(23)22-7-3-20-4-8-22/h20H,1-9H2. The van der Waals surface area contributed by atoms with Crippen LogP contribution in [0.5, 0.6) is 0 Å². The summed E-state index contributed by atoms with van der Waals surface area (Å²) in [4.78, 5) is 14.6. The van der Waals surface area contributed by atoms with Crippen molar-refractivity contribution in [1.29, 1.82) is 0 Å². The molecule has 0 atom stereocenters. The number of rotatable bonds is 3. The van der Waals surface area contributed by atoms with Gasteiger partial charge in [-0.25, -0.2) is 0 Å². The summed E-state index contributed by atoms with van der Waals surface area (Å²) in [5.41, 5.74) is -3.68. The Morgan fingerprint density at radius 3 is 2.04 bits per heavy atom. The number of amides is 1. The second-order valence-corrected chi connectivity index (χ2v) is 5.98. The maximum Gasteiger partial charge on any atom is 0.404 e. The largest absolute Gasteiger partial charge is 0.404 e. The molecule has 0 radical (unpaired) electrons. The summed E-state index contributed by atoms with van der Waals surface area (Å²) >= 11 is 0. The van der Waals surface area contributed by atoms with Crippen molar-refractivity contribution in [2.24, 2.45) is 5.41 Å². The van der Waals surface area contributed by atoms with Crippen molar-refractivity contribution < 1.29 is 31.1 Å². The van der Waals surface area contributed by atoms with Gasteiger partial charge in [0.05, 0.1) is 0 Å². The highest BCUT2D eigenvalue weighted by Gasteiger charge is 2.72. The van der Waals surface area contributed by atoms with Gasteiger partial charge in [-0.05, 0) is 13.0 Å². The van der Waals surface area contributed by atoms with Gasteiger partial charge in [0.15, 0.2) is 5.41 Å². The number of carbonyl (C=O) groups is 1. The van der Waals surface area contributed by atoms with Crippen LogP contribution in [-0.2, 0) is 4.79 Å². The molecule has 2 saturated heterocycles. The Morgan fingerprint density at radius 1 is 1.00 bits per heavy atom. The monoisotopic (exact) mass is 347 g/mol. The van der Waals surface area contributed by atoms with Crippen LogP contribution in [0.2, 0.25) is 0 Å². The van der Waals surface area contributed by atoms with Crippen molar-refractivity contribution in [1.82, 2.24) is 15.1 Å². The molecular formula is C13H19F6N3O. The first-order valence-corrected chi connectivity index (χ1v) is 7.41. The van der Waals surface area contributed by atoms with Crippen molar-refractivity contribution in [3.05, 3.63) is 0 Å². The van der Waals surface area contributed by atoms with Crippen molar-refractivity contribution in [2.75, 3.05) is 45.8 Å². The zero-order valence-electron chi connectivity index (χ0n) is 12.4. The van der Waals surface area contributed by atoms with E-state index in [4.69, 9.17) is 0 Å². The van der Waals surface area contributed by atoms with Gasteiger partial charge in [0.25, 0.3) is 0 Å². The smallest absolute Gasteiger partial charge is 0.340 e. The maximum atomic E-state index is 12.9. The summed E-state index contributed by atoms with van der Waals surface area (Å²) < 4.78 is 77.7. The van der Waals surface area contributed by atoms with Gasteiger partial charge < -0.3 is 15.1 Å². The van der Waals surface area contributed by atoms with Gasteiger partial charge in [-0.2, -0.15) is 26.3 Å². The fraction of sp³-hybridized carbons (Fsp3) is 0.923. The highest BCUT2D eigenvalue weighted by Crippen LogP contribution is 2.55. The van der Waals surface area contributed by atoms with Crippen LogP contribution in [0.25, 0.3) is 0 Å². The number of nitrogens with one attached hydrogen (secondary N) is 1. The molecule has 1 N–H and O–H groups in total. The molecule has 0 aliphatic carbocycles. The maximum absolute atomic E-state index is 12.9. The lowest BCUT2D eigenvalue weighted by Crippen LogP contribution is -2.52. The molecule has 0 bridgehead atoms. The minimum Gasteiger partial charge on any atom is -0.340 e. The number of likely N-dealkylation sites (tertiary alicyclic amines) is 1. The van der Waals surface area contributed by atoms with E-state index in [9.17, 15) is 31.1 Å². The molecule has 23 heavy (non-hydrogen) atoms. The lowest BCUT2D eigenvalue weighted by molar-refractivity contribution is -0.335. The van der Waals surface area contributed by atoms with Crippen LogP contribution < -0.4 is 5.32 Å². The molecule has 2 fully saturated rings. The van der Waals surface area contributed by atoms with E-state index in [1.807, 2.05) is 0 Å². The Morgan fingerprint density at radius 2 is 1.57 bits per heavy atom. The van der Waals surface area contributed by atoms with Gasteiger partial charge >= 0.3 is 12.4 Å².